The molecule has 0 heterocycles. The van der Waals surface area contributed by atoms with Gasteiger partial charge >= 0.3 is 12.1 Å². The Bertz CT molecular complexity index is 1030. The number of alkyl carbamates (subject to hydrolysis) is 1. The zero-order valence-electron chi connectivity index (χ0n) is 20.4. The van der Waals surface area contributed by atoms with E-state index < -0.39 is 12.1 Å². The van der Waals surface area contributed by atoms with Crippen molar-refractivity contribution in [1.82, 2.24) is 10.2 Å². The minimum Gasteiger partial charge on any atom is -0.481 e. The quantitative estimate of drug-likeness (QED) is 0.512. The number of carboxylic acids is 1. The fourth-order valence-corrected chi connectivity index (χ4v) is 5.15. The highest BCUT2D eigenvalue weighted by atomic mass is 16.5. The number of fused-ring (bicyclic) bond motifs is 3. The van der Waals surface area contributed by atoms with Crippen molar-refractivity contribution in [3.05, 3.63) is 59.7 Å². The van der Waals surface area contributed by atoms with Crippen LogP contribution in [0.25, 0.3) is 11.1 Å². The van der Waals surface area contributed by atoms with E-state index in [9.17, 15) is 14.4 Å². The van der Waals surface area contributed by atoms with Crippen molar-refractivity contribution in [3.8, 4) is 11.1 Å². The van der Waals surface area contributed by atoms with E-state index >= 15 is 0 Å². The van der Waals surface area contributed by atoms with Crippen LogP contribution < -0.4 is 5.32 Å². The van der Waals surface area contributed by atoms with Gasteiger partial charge in [0.1, 0.15) is 6.61 Å². The maximum absolute atomic E-state index is 12.8. The third-order valence-electron chi connectivity index (χ3n) is 7.40. The summed E-state index contributed by atoms with van der Waals surface area (Å²) >= 11 is 0. The summed E-state index contributed by atoms with van der Waals surface area (Å²) < 4.78 is 5.67. The van der Waals surface area contributed by atoms with Gasteiger partial charge in [0.25, 0.3) is 0 Å². The average molecular weight is 479 g/mol. The number of benzene rings is 2. The van der Waals surface area contributed by atoms with Crippen LogP contribution in [0, 0.1) is 5.92 Å². The highest BCUT2D eigenvalue weighted by Crippen LogP contribution is 2.44. The summed E-state index contributed by atoms with van der Waals surface area (Å²) in [6.07, 6.45) is 3.15. The molecule has 1 atom stereocenters. The lowest BCUT2D eigenvalue weighted by Gasteiger charge is -2.39. The molecule has 2 aromatic carbocycles. The largest absolute Gasteiger partial charge is 0.481 e. The minimum atomic E-state index is -0.806. The molecular weight excluding hydrogens is 444 g/mol. The summed E-state index contributed by atoms with van der Waals surface area (Å²) in [5.41, 5.74) is 4.65. The zero-order valence-corrected chi connectivity index (χ0v) is 20.4. The smallest absolute Gasteiger partial charge is 0.407 e. The Kier molecular flexibility index (Phi) is 7.73. The number of aliphatic carboxylic acids is 1. The highest BCUT2D eigenvalue weighted by molar-refractivity contribution is 5.80. The van der Waals surface area contributed by atoms with Gasteiger partial charge in [0.2, 0.25) is 5.91 Å². The molecular formula is C28H34N2O5. The van der Waals surface area contributed by atoms with E-state index in [2.05, 4.69) is 36.5 Å². The molecule has 0 aromatic heterocycles. The van der Waals surface area contributed by atoms with Crippen LogP contribution in [0.15, 0.2) is 48.5 Å². The number of unbranched alkanes of at least 4 members (excludes halogenated alkanes) is 1. The summed E-state index contributed by atoms with van der Waals surface area (Å²) in [7, 11) is 1.72. The van der Waals surface area contributed by atoms with Gasteiger partial charge in [-0.25, -0.2) is 4.79 Å². The Labute approximate surface area is 206 Å². The van der Waals surface area contributed by atoms with E-state index in [1.807, 2.05) is 24.3 Å². The summed E-state index contributed by atoms with van der Waals surface area (Å²) in [6.45, 7) is 2.30. The molecule has 0 radical (unpaired) electrons. The molecule has 0 saturated heterocycles. The summed E-state index contributed by atoms with van der Waals surface area (Å²) in [6, 6.07) is 16.0. The van der Waals surface area contributed by atoms with E-state index in [1.165, 1.54) is 11.1 Å². The second kappa shape index (κ2) is 10.9. The predicted octanol–water partition coefficient (Wildman–Crippen LogP) is 4.80. The second-order valence-corrected chi connectivity index (χ2v) is 9.68. The Balaban J connectivity index is 1.33. The highest BCUT2D eigenvalue weighted by Gasteiger charge is 2.38. The number of ether oxygens (including phenoxy) is 1. The molecule has 7 heteroatoms. The Morgan fingerprint density at radius 2 is 1.66 bits per heavy atom. The molecule has 1 fully saturated rings. The maximum atomic E-state index is 12.8. The van der Waals surface area contributed by atoms with Gasteiger partial charge in [-0.3, -0.25) is 9.59 Å². The van der Waals surface area contributed by atoms with Gasteiger partial charge in [-0.1, -0.05) is 68.3 Å². The molecule has 1 saturated carbocycles. The van der Waals surface area contributed by atoms with Crippen molar-refractivity contribution < 1.29 is 24.2 Å². The van der Waals surface area contributed by atoms with Crippen molar-refractivity contribution in [2.45, 2.75) is 63.5 Å². The lowest BCUT2D eigenvalue weighted by atomic mass is 9.79. The number of hydrogen-bond donors (Lipinski definition) is 2. The Morgan fingerprint density at radius 3 is 2.23 bits per heavy atom. The van der Waals surface area contributed by atoms with E-state index in [-0.39, 0.29) is 42.9 Å². The first-order chi connectivity index (χ1) is 16.9. The van der Waals surface area contributed by atoms with Crippen LogP contribution in [0.2, 0.25) is 0 Å². The van der Waals surface area contributed by atoms with Gasteiger partial charge in [0.15, 0.2) is 0 Å². The van der Waals surface area contributed by atoms with Crippen molar-refractivity contribution in [2.24, 2.45) is 5.92 Å². The van der Waals surface area contributed by atoms with E-state index in [4.69, 9.17) is 9.84 Å². The molecule has 186 valence electrons. The first-order valence-corrected chi connectivity index (χ1v) is 12.5. The van der Waals surface area contributed by atoms with Gasteiger partial charge in [0, 0.05) is 31.5 Å². The summed E-state index contributed by atoms with van der Waals surface area (Å²) in [5, 5.41) is 12.0. The van der Waals surface area contributed by atoms with Crippen LogP contribution in [0.4, 0.5) is 4.79 Å². The second-order valence-electron chi connectivity index (χ2n) is 9.68. The van der Waals surface area contributed by atoms with E-state index in [1.54, 1.807) is 11.9 Å². The standard InChI is InChI=1S/C28H34N2O5/c1-3-4-9-19(16-26(31)30(2)20-14-18(15-20)27(32)33)29-28(34)35-17-25-23-12-7-5-10-21(23)22-11-6-8-13-24(22)25/h5-8,10-13,18-20,25H,3-4,9,14-17H2,1-2H3,(H,29,34)(H,32,33). The van der Waals surface area contributed by atoms with E-state index in [0.29, 0.717) is 19.3 Å². The maximum Gasteiger partial charge on any atom is 0.407 e. The van der Waals surface area contributed by atoms with Crippen LogP contribution in [-0.2, 0) is 14.3 Å². The van der Waals surface area contributed by atoms with Crippen LogP contribution in [0.5, 0.6) is 0 Å². The molecule has 2 aromatic rings. The van der Waals surface area contributed by atoms with Gasteiger partial charge in [-0.15, -0.1) is 0 Å². The number of carboxylic acid groups (broad SMARTS) is 1. The zero-order chi connectivity index (χ0) is 24.9. The van der Waals surface area contributed by atoms with Crippen LogP contribution in [0.1, 0.15) is 62.5 Å². The number of hydrogen-bond acceptors (Lipinski definition) is 4. The SMILES string of the molecule is CCCCC(CC(=O)N(C)C1CC(C(=O)O)C1)NC(=O)OCC1c2ccccc2-c2ccccc21. The third-order valence-corrected chi connectivity index (χ3v) is 7.40. The summed E-state index contributed by atoms with van der Waals surface area (Å²) in [5.74, 6) is -1.28. The normalized spacial score (nSPS) is 19.1. The van der Waals surface area contributed by atoms with E-state index in [0.717, 1.165) is 24.0 Å². The molecule has 2 amide bonds. The van der Waals surface area contributed by atoms with Gasteiger partial charge in [-0.05, 0) is 41.5 Å². The Morgan fingerprint density at radius 1 is 1.06 bits per heavy atom. The molecule has 1 unspecified atom stereocenters. The average Bonchev–Trinajstić information content (AvgIpc) is 3.13. The summed E-state index contributed by atoms with van der Waals surface area (Å²) in [4.78, 5) is 38.3. The topological polar surface area (TPSA) is 95.9 Å². The third kappa shape index (κ3) is 5.50. The Hall–Kier alpha value is -3.35. The lowest BCUT2D eigenvalue weighted by Crippen LogP contribution is -2.49. The molecule has 2 aliphatic rings. The molecule has 7 nitrogen and oxygen atoms in total. The molecule has 2 aliphatic carbocycles. The monoisotopic (exact) mass is 478 g/mol. The fourth-order valence-electron chi connectivity index (χ4n) is 5.15. The van der Waals surface area contributed by atoms with Gasteiger partial charge in [0.05, 0.1) is 5.92 Å². The number of nitrogens with one attached hydrogen (secondary N) is 1. The predicted molar refractivity (Wildman–Crippen MR) is 133 cm³/mol. The number of nitrogens with zero attached hydrogens (tertiary/aromatic N) is 1. The minimum absolute atomic E-state index is 0.0178. The first kappa shape index (κ1) is 24.8. The van der Waals surface area contributed by atoms with Crippen molar-refractivity contribution in [3.63, 3.8) is 0 Å². The molecule has 4 rings (SSSR count). The van der Waals surface area contributed by atoms with Crippen molar-refractivity contribution in [2.75, 3.05) is 13.7 Å². The molecule has 0 aliphatic heterocycles. The van der Waals surface area contributed by atoms with Crippen LogP contribution in [-0.4, -0.2) is 53.7 Å². The molecule has 0 bridgehead atoms. The molecule has 2 N–H and O–H groups in total. The van der Waals surface area contributed by atoms with Crippen molar-refractivity contribution in [1.29, 1.82) is 0 Å². The van der Waals surface area contributed by atoms with Crippen molar-refractivity contribution >= 4 is 18.0 Å². The fraction of sp³-hybridized carbons (Fsp3) is 0.464. The lowest BCUT2D eigenvalue weighted by molar-refractivity contribution is -0.150. The van der Waals surface area contributed by atoms with Gasteiger partial charge < -0.3 is 20.1 Å². The first-order valence-electron chi connectivity index (χ1n) is 12.5. The number of amides is 2. The van der Waals surface area contributed by atoms with Crippen LogP contribution in [0.3, 0.4) is 0 Å². The molecule has 35 heavy (non-hydrogen) atoms. The number of rotatable bonds is 10. The van der Waals surface area contributed by atoms with Crippen LogP contribution >= 0.6 is 0 Å². The number of carbonyl (C=O) groups excluding carboxylic acids is 2. The molecule has 0 spiro atoms. The number of carbonyl (C=O) groups is 3. The van der Waals surface area contributed by atoms with Gasteiger partial charge in [-0.2, -0.15) is 0 Å².